The molecule has 0 aliphatic rings. The Bertz CT molecular complexity index is 3240. The van der Waals surface area contributed by atoms with E-state index in [1.165, 1.54) is 47.6 Å². The lowest BCUT2D eigenvalue weighted by Crippen LogP contribution is -2.11. The molecule has 55 heavy (non-hydrogen) atoms. The topological polar surface area (TPSA) is 16.4 Å². The molecular formula is C52H33NOS. The maximum absolute atomic E-state index is 6.52. The third kappa shape index (κ3) is 5.40. The van der Waals surface area contributed by atoms with Crippen molar-refractivity contribution in [1.82, 2.24) is 0 Å². The van der Waals surface area contributed by atoms with E-state index >= 15 is 0 Å². The minimum Gasteiger partial charge on any atom is -0.455 e. The number of para-hydroxylation sites is 3. The highest BCUT2D eigenvalue weighted by Crippen LogP contribution is 2.45. The van der Waals surface area contributed by atoms with Crippen LogP contribution >= 0.6 is 11.3 Å². The molecule has 0 aliphatic carbocycles. The second-order valence-corrected chi connectivity index (χ2v) is 15.2. The van der Waals surface area contributed by atoms with Gasteiger partial charge in [-0.05, 0) is 87.6 Å². The van der Waals surface area contributed by atoms with Crippen molar-refractivity contribution in [2.45, 2.75) is 0 Å². The normalized spacial score (nSPS) is 11.6. The predicted octanol–water partition coefficient (Wildman–Crippen LogP) is 15.6. The smallest absolute Gasteiger partial charge is 0.143 e. The Hall–Kier alpha value is -6.94. The number of anilines is 3. The summed E-state index contributed by atoms with van der Waals surface area (Å²) in [7, 11) is 0. The van der Waals surface area contributed by atoms with E-state index in [1.54, 1.807) is 0 Å². The van der Waals surface area contributed by atoms with Crippen LogP contribution in [0.1, 0.15) is 0 Å². The summed E-state index contributed by atoms with van der Waals surface area (Å²) in [5.41, 5.74) is 11.9. The molecule has 0 atom stereocenters. The van der Waals surface area contributed by atoms with Crippen molar-refractivity contribution >= 4 is 81.3 Å². The average Bonchev–Trinajstić information content (AvgIpc) is 3.82. The van der Waals surface area contributed by atoms with E-state index in [0.717, 1.165) is 55.7 Å². The van der Waals surface area contributed by atoms with Crippen LogP contribution in [0.4, 0.5) is 17.1 Å². The van der Waals surface area contributed by atoms with Crippen LogP contribution in [0, 0.1) is 0 Å². The molecule has 258 valence electrons. The molecule has 0 saturated carbocycles. The van der Waals surface area contributed by atoms with Gasteiger partial charge in [-0.2, -0.15) is 0 Å². The van der Waals surface area contributed by atoms with Gasteiger partial charge >= 0.3 is 0 Å². The molecule has 0 N–H and O–H groups in total. The molecule has 0 saturated heterocycles. The zero-order chi connectivity index (χ0) is 36.3. The first-order valence-corrected chi connectivity index (χ1v) is 19.5. The molecule has 0 amide bonds. The molecule has 11 aromatic rings. The highest BCUT2D eigenvalue weighted by atomic mass is 32.1. The number of thiophene rings is 1. The van der Waals surface area contributed by atoms with Gasteiger partial charge in [0.25, 0.3) is 0 Å². The molecule has 0 fully saturated rings. The second-order valence-electron chi connectivity index (χ2n) is 14.1. The molecule has 0 bridgehead atoms. The van der Waals surface area contributed by atoms with Gasteiger partial charge in [0.15, 0.2) is 0 Å². The summed E-state index contributed by atoms with van der Waals surface area (Å²) in [4.78, 5) is 2.41. The van der Waals surface area contributed by atoms with Crippen LogP contribution in [-0.2, 0) is 0 Å². The SMILES string of the molecule is c1cc(-c2ccc3c(c2)sc2ccccc23)cc(N(c2cccc(-c3cccc4c3oc3ccccc34)c2)c2ccccc2-c2ccc3ccccc3c2)c1. The predicted molar refractivity (Wildman–Crippen MR) is 235 cm³/mol. The molecule has 2 heterocycles. The minimum atomic E-state index is 0.901. The third-order valence-corrected chi connectivity index (χ3v) is 12.0. The summed E-state index contributed by atoms with van der Waals surface area (Å²) in [6.07, 6.45) is 0. The van der Waals surface area contributed by atoms with Crippen LogP contribution in [0.3, 0.4) is 0 Å². The molecular weight excluding hydrogens is 687 g/mol. The number of hydrogen-bond acceptors (Lipinski definition) is 3. The molecule has 2 aromatic heterocycles. The van der Waals surface area contributed by atoms with Crippen molar-refractivity contribution in [2.75, 3.05) is 4.90 Å². The Labute approximate surface area is 322 Å². The van der Waals surface area contributed by atoms with Gasteiger partial charge in [-0.15, -0.1) is 11.3 Å². The van der Waals surface area contributed by atoms with Crippen LogP contribution in [0.25, 0.3) is 86.3 Å². The largest absolute Gasteiger partial charge is 0.455 e. The number of furan rings is 1. The first-order valence-electron chi connectivity index (χ1n) is 18.7. The van der Waals surface area contributed by atoms with Crippen molar-refractivity contribution in [3.8, 4) is 33.4 Å². The molecule has 0 spiro atoms. The fourth-order valence-corrected chi connectivity index (χ4v) is 9.36. The van der Waals surface area contributed by atoms with Crippen molar-refractivity contribution < 1.29 is 4.42 Å². The first kappa shape index (κ1) is 31.6. The summed E-state index contributed by atoms with van der Waals surface area (Å²) in [5, 5.41) is 7.34. The van der Waals surface area contributed by atoms with Gasteiger partial charge in [0.1, 0.15) is 11.2 Å². The fourth-order valence-electron chi connectivity index (χ4n) is 8.21. The molecule has 0 radical (unpaired) electrons. The minimum absolute atomic E-state index is 0.901. The molecule has 9 aromatic carbocycles. The Morgan fingerprint density at radius 3 is 1.89 bits per heavy atom. The van der Waals surface area contributed by atoms with E-state index in [2.05, 4.69) is 193 Å². The van der Waals surface area contributed by atoms with Gasteiger partial charge in [-0.25, -0.2) is 0 Å². The number of nitrogens with zero attached hydrogens (tertiary/aromatic N) is 1. The Morgan fingerprint density at radius 1 is 0.364 bits per heavy atom. The standard InChI is InChI=1S/C52H33NOS/c1-2-13-35-30-39(27-26-34(35)12-1)42-18-3-6-23-48(42)53(40-16-9-14-36(31-40)37-28-29-46-45-20-5-8-25-50(45)55-51(46)33-37)41-17-10-15-38(32-41)43-21-11-22-47-44-19-4-7-24-49(44)54-52(43)47/h1-33H. The Balaban J connectivity index is 1.10. The molecule has 11 rings (SSSR count). The Kier molecular flexibility index (Phi) is 7.39. The highest BCUT2D eigenvalue weighted by Gasteiger charge is 2.20. The lowest BCUT2D eigenvalue weighted by atomic mass is 9.97. The molecule has 2 nitrogen and oxygen atoms in total. The average molecular weight is 720 g/mol. The summed E-state index contributed by atoms with van der Waals surface area (Å²) in [5.74, 6) is 0. The van der Waals surface area contributed by atoms with Gasteiger partial charge in [-0.1, -0.05) is 146 Å². The van der Waals surface area contributed by atoms with Crippen LogP contribution in [0.15, 0.2) is 205 Å². The summed E-state index contributed by atoms with van der Waals surface area (Å²) in [6, 6.07) is 72.3. The van der Waals surface area contributed by atoms with Crippen molar-refractivity contribution in [1.29, 1.82) is 0 Å². The molecule has 3 heteroatoms. The van der Waals surface area contributed by atoms with E-state index in [0.29, 0.717) is 0 Å². The van der Waals surface area contributed by atoms with E-state index in [1.807, 2.05) is 23.5 Å². The lowest BCUT2D eigenvalue weighted by Gasteiger charge is -2.29. The number of hydrogen-bond donors (Lipinski definition) is 0. The van der Waals surface area contributed by atoms with Crippen molar-refractivity contribution in [2.24, 2.45) is 0 Å². The van der Waals surface area contributed by atoms with E-state index in [9.17, 15) is 0 Å². The van der Waals surface area contributed by atoms with Crippen molar-refractivity contribution in [3.63, 3.8) is 0 Å². The molecule has 0 unspecified atom stereocenters. The second kappa shape index (κ2) is 12.9. The highest BCUT2D eigenvalue weighted by molar-refractivity contribution is 7.25. The quantitative estimate of drug-likeness (QED) is 0.170. The van der Waals surface area contributed by atoms with Crippen LogP contribution in [-0.4, -0.2) is 0 Å². The number of fused-ring (bicyclic) bond motifs is 7. The first-order chi connectivity index (χ1) is 27.2. The molecule has 0 aliphatic heterocycles. The summed E-state index contributed by atoms with van der Waals surface area (Å²) in [6.45, 7) is 0. The van der Waals surface area contributed by atoms with Gasteiger partial charge in [0.2, 0.25) is 0 Å². The Morgan fingerprint density at radius 2 is 0.982 bits per heavy atom. The van der Waals surface area contributed by atoms with Crippen LogP contribution < -0.4 is 4.90 Å². The van der Waals surface area contributed by atoms with Gasteiger partial charge in [-0.3, -0.25) is 0 Å². The summed E-state index contributed by atoms with van der Waals surface area (Å²) < 4.78 is 9.14. The van der Waals surface area contributed by atoms with Gasteiger partial charge in [0.05, 0.1) is 5.69 Å². The van der Waals surface area contributed by atoms with Crippen LogP contribution in [0.2, 0.25) is 0 Å². The summed E-state index contributed by atoms with van der Waals surface area (Å²) >= 11 is 1.86. The van der Waals surface area contributed by atoms with Crippen LogP contribution in [0.5, 0.6) is 0 Å². The monoisotopic (exact) mass is 719 g/mol. The third-order valence-electron chi connectivity index (χ3n) is 10.8. The maximum atomic E-state index is 6.52. The zero-order valence-corrected chi connectivity index (χ0v) is 30.6. The van der Waals surface area contributed by atoms with Crippen molar-refractivity contribution in [3.05, 3.63) is 200 Å². The zero-order valence-electron chi connectivity index (χ0n) is 29.8. The lowest BCUT2D eigenvalue weighted by molar-refractivity contribution is 0.670. The van der Waals surface area contributed by atoms with E-state index < -0.39 is 0 Å². The van der Waals surface area contributed by atoms with E-state index in [-0.39, 0.29) is 0 Å². The fraction of sp³-hybridized carbons (Fsp3) is 0. The number of rotatable bonds is 6. The number of benzene rings is 9. The van der Waals surface area contributed by atoms with Gasteiger partial charge < -0.3 is 9.32 Å². The van der Waals surface area contributed by atoms with E-state index in [4.69, 9.17) is 4.42 Å². The maximum Gasteiger partial charge on any atom is 0.143 e. The van der Waals surface area contributed by atoms with Gasteiger partial charge in [0, 0.05) is 53.4 Å².